The quantitative estimate of drug-likeness (QED) is 0.451. The van der Waals surface area contributed by atoms with Gasteiger partial charge in [-0.25, -0.2) is 4.98 Å². The SMILES string of the molecule is CC1C=Cc2c(c3ccccc3c3nc4ccccc4n23)C1. The van der Waals surface area contributed by atoms with Crippen LogP contribution in [0.1, 0.15) is 18.2 Å². The van der Waals surface area contributed by atoms with Crippen LogP contribution in [-0.4, -0.2) is 9.38 Å². The van der Waals surface area contributed by atoms with E-state index in [1.807, 2.05) is 0 Å². The molecule has 2 heterocycles. The van der Waals surface area contributed by atoms with Gasteiger partial charge < -0.3 is 0 Å². The molecule has 22 heavy (non-hydrogen) atoms. The van der Waals surface area contributed by atoms with Crippen LogP contribution in [0.3, 0.4) is 0 Å². The van der Waals surface area contributed by atoms with E-state index in [4.69, 9.17) is 4.98 Å². The molecule has 2 heteroatoms. The van der Waals surface area contributed by atoms with Crippen molar-refractivity contribution in [2.24, 2.45) is 5.92 Å². The standard InChI is InChI=1S/C20H16N2/c1-13-10-11-18-16(12-13)14-6-2-3-7-15(14)20-21-17-8-4-5-9-19(17)22(18)20/h2-11,13H,12H2,1H3. The minimum atomic E-state index is 0.586. The van der Waals surface area contributed by atoms with Gasteiger partial charge in [-0.15, -0.1) is 0 Å². The minimum Gasteiger partial charge on any atom is -0.292 e. The van der Waals surface area contributed by atoms with Crippen LogP contribution in [0.4, 0.5) is 0 Å². The number of allylic oxidation sites excluding steroid dienone is 1. The van der Waals surface area contributed by atoms with Crippen molar-refractivity contribution in [1.82, 2.24) is 9.38 Å². The van der Waals surface area contributed by atoms with Crippen LogP contribution in [0.25, 0.3) is 33.5 Å². The fourth-order valence-electron chi connectivity index (χ4n) is 3.70. The van der Waals surface area contributed by atoms with E-state index in [9.17, 15) is 0 Å². The van der Waals surface area contributed by atoms with Crippen molar-refractivity contribution < 1.29 is 0 Å². The van der Waals surface area contributed by atoms with Crippen LogP contribution in [0.2, 0.25) is 0 Å². The first-order valence-electron chi connectivity index (χ1n) is 7.82. The van der Waals surface area contributed by atoms with Crippen molar-refractivity contribution in [1.29, 1.82) is 0 Å². The van der Waals surface area contributed by atoms with E-state index in [2.05, 4.69) is 72.0 Å². The summed E-state index contributed by atoms with van der Waals surface area (Å²) >= 11 is 0. The molecule has 5 rings (SSSR count). The summed E-state index contributed by atoms with van der Waals surface area (Å²) in [5.41, 5.74) is 6.06. The summed E-state index contributed by atoms with van der Waals surface area (Å²) in [7, 11) is 0. The van der Waals surface area contributed by atoms with Crippen LogP contribution in [0.15, 0.2) is 54.6 Å². The average molecular weight is 284 g/mol. The molecule has 106 valence electrons. The van der Waals surface area contributed by atoms with Gasteiger partial charge in [0, 0.05) is 5.39 Å². The smallest absolute Gasteiger partial charge is 0.146 e. The van der Waals surface area contributed by atoms with Crippen LogP contribution in [0.5, 0.6) is 0 Å². The first-order chi connectivity index (χ1) is 10.8. The van der Waals surface area contributed by atoms with Gasteiger partial charge in [-0.05, 0) is 41.5 Å². The minimum absolute atomic E-state index is 0.586. The molecule has 2 nitrogen and oxygen atoms in total. The highest BCUT2D eigenvalue weighted by atomic mass is 15.0. The van der Waals surface area contributed by atoms with E-state index in [1.165, 1.54) is 27.5 Å². The van der Waals surface area contributed by atoms with Crippen molar-refractivity contribution in [2.75, 3.05) is 0 Å². The predicted octanol–water partition coefficient (Wildman–Crippen LogP) is 4.85. The second-order valence-corrected chi connectivity index (χ2v) is 6.21. The Morgan fingerprint density at radius 2 is 1.77 bits per heavy atom. The lowest BCUT2D eigenvalue weighted by Gasteiger charge is -2.20. The van der Waals surface area contributed by atoms with Crippen molar-refractivity contribution in [3.05, 3.63) is 65.9 Å². The highest BCUT2D eigenvalue weighted by Crippen LogP contribution is 2.34. The Hall–Kier alpha value is -2.61. The molecule has 0 bridgehead atoms. The average Bonchev–Trinajstić information content (AvgIpc) is 2.95. The van der Waals surface area contributed by atoms with Gasteiger partial charge in [0.2, 0.25) is 0 Å². The van der Waals surface area contributed by atoms with Gasteiger partial charge in [0.05, 0.1) is 16.7 Å². The summed E-state index contributed by atoms with van der Waals surface area (Å²) < 4.78 is 2.33. The summed E-state index contributed by atoms with van der Waals surface area (Å²) in [4.78, 5) is 4.90. The number of benzene rings is 2. The van der Waals surface area contributed by atoms with Crippen LogP contribution < -0.4 is 0 Å². The number of nitrogens with zero attached hydrogens (tertiary/aromatic N) is 2. The third-order valence-corrected chi connectivity index (χ3v) is 4.71. The molecule has 1 aliphatic carbocycles. The lowest BCUT2D eigenvalue weighted by molar-refractivity contribution is 0.716. The number of imidazole rings is 1. The van der Waals surface area contributed by atoms with E-state index in [0.29, 0.717) is 5.92 Å². The molecular weight excluding hydrogens is 268 g/mol. The number of hydrogen-bond acceptors (Lipinski definition) is 1. The molecule has 1 aliphatic rings. The number of hydrogen-bond donors (Lipinski definition) is 0. The Kier molecular flexibility index (Phi) is 2.29. The molecule has 2 aromatic carbocycles. The molecule has 4 aromatic rings. The Morgan fingerprint density at radius 3 is 2.68 bits per heavy atom. The highest BCUT2D eigenvalue weighted by molar-refractivity contribution is 6.02. The molecule has 0 N–H and O–H groups in total. The van der Waals surface area contributed by atoms with E-state index in [-0.39, 0.29) is 0 Å². The van der Waals surface area contributed by atoms with E-state index in [0.717, 1.165) is 17.6 Å². The Bertz CT molecular complexity index is 1070. The van der Waals surface area contributed by atoms with Gasteiger partial charge in [-0.2, -0.15) is 0 Å². The molecule has 0 fully saturated rings. The first-order valence-corrected chi connectivity index (χ1v) is 7.82. The van der Waals surface area contributed by atoms with Gasteiger partial charge in [0.1, 0.15) is 5.65 Å². The largest absolute Gasteiger partial charge is 0.292 e. The van der Waals surface area contributed by atoms with E-state index >= 15 is 0 Å². The van der Waals surface area contributed by atoms with Gasteiger partial charge in [-0.1, -0.05) is 49.4 Å². The molecule has 0 saturated heterocycles. The Balaban J connectivity index is 2.11. The zero-order chi connectivity index (χ0) is 14.7. The van der Waals surface area contributed by atoms with E-state index in [1.54, 1.807) is 0 Å². The summed E-state index contributed by atoms with van der Waals surface area (Å²) in [6, 6.07) is 17.1. The number of fused-ring (bicyclic) bond motifs is 8. The third-order valence-electron chi connectivity index (χ3n) is 4.71. The van der Waals surface area contributed by atoms with Crippen molar-refractivity contribution in [3.8, 4) is 0 Å². The Morgan fingerprint density at radius 1 is 1.00 bits per heavy atom. The number of para-hydroxylation sites is 2. The zero-order valence-electron chi connectivity index (χ0n) is 12.5. The molecule has 2 aromatic heterocycles. The second kappa shape index (κ2) is 4.20. The first kappa shape index (κ1) is 12.0. The molecule has 1 unspecified atom stereocenters. The maximum atomic E-state index is 4.90. The summed E-state index contributed by atoms with van der Waals surface area (Å²) in [6.07, 6.45) is 5.68. The number of aromatic nitrogens is 2. The summed E-state index contributed by atoms with van der Waals surface area (Å²) in [5.74, 6) is 0.586. The van der Waals surface area contributed by atoms with Crippen molar-refractivity contribution >= 4 is 33.5 Å². The van der Waals surface area contributed by atoms with E-state index < -0.39 is 0 Å². The fraction of sp³-hybridized carbons (Fsp3) is 0.150. The zero-order valence-corrected chi connectivity index (χ0v) is 12.5. The lowest BCUT2D eigenvalue weighted by atomic mass is 9.90. The van der Waals surface area contributed by atoms with Gasteiger partial charge in [0.25, 0.3) is 0 Å². The molecule has 0 amide bonds. The van der Waals surface area contributed by atoms with Crippen LogP contribution in [0, 0.1) is 5.92 Å². The topological polar surface area (TPSA) is 17.3 Å². The predicted molar refractivity (Wildman–Crippen MR) is 92.1 cm³/mol. The molecule has 0 radical (unpaired) electrons. The molecule has 0 aliphatic heterocycles. The number of pyridine rings is 1. The molecular formula is C20H16N2. The molecule has 0 spiro atoms. The summed E-state index contributed by atoms with van der Waals surface area (Å²) in [5, 5.41) is 2.59. The maximum absolute atomic E-state index is 4.90. The molecule has 0 saturated carbocycles. The van der Waals surface area contributed by atoms with Gasteiger partial charge in [0.15, 0.2) is 0 Å². The van der Waals surface area contributed by atoms with Crippen molar-refractivity contribution in [3.63, 3.8) is 0 Å². The third kappa shape index (κ3) is 1.47. The maximum Gasteiger partial charge on any atom is 0.146 e. The van der Waals surface area contributed by atoms with Gasteiger partial charge in [-0.3, -0.25) is 4.40 Å². The monoisotopic (exact) mass is 284 g/mol. The lowest BCUT2D eigenvalue weighted by Crippen LogP contribution is -2.08. The van der Waals surface area contributed by atoms with Gasteiger partial charge >= 0.3 is 0 Å². The van der Waals surface area contributed by atoms with Crippen LogP contribution >= 0.6 is 0 Å². The molecule has 1 atom stereocenters. The highest BCUT2D eigenvalue weighted by Gasteiger charge is 2.19. The summed E-state index contributed by atoms with van der Waals surface area (Å²) in [6.45, 7) is 2.28. The second-order valence-electron chi connectivity index (χ2n) is 6.21. The Labute approximate surface area is 128 Å². The number of rotatable bonds is 0. The van der Waals surface area contributed by atoms with Crippen molar-refractivity contribution in [2.45, 2.75) is 13.3 Å². The normalized spacial score (nSPS) is 17.4. The fourth-order valence-corrected chi connectivity index (χ4v) is 3.70. The van der Waals surface area contributed by atoms with Crippen LogP contribution in [-0.2, 0) is 6.42 Å².